The molecule has 1 unspecified atom stereocenters. The fourth-order valence-electron chi connectivity index (χ4n) is 1.80. The number of nitrogens with one attached hydrogen (secondary N) is 1. The van der Waals surface area contributed by atoms with Crippen molar-refractivity contribution in [2.45, 2.75) is 44.2 Å². The van der Waals surface area contributed by atoms with Crippen molar-refractivity contribution >= 4 is 5.91 Å². The van der Waals surface area contributed by atoms with Crippen LogP contribution in [0, 0.1) is 0 Å². The molecule has 0 aromatic heterocycles. The Hall–Kier alpha value is -1.35. The first-order valence-electron chi connectivity index (χ1n) is 6.21. The van der Waals surface area contributed by atoms with E-state index in [4.69, 9.17) is 5.73 Å². The molecular formula is C14H20N2O. The number of hydrogen-bond acceptors (Lipinski definition) is 2. The van der Waals surface area contributed by atoms with Crippen LogP contribution in [0.2, 0.25) is 0 Å². The van der Waals surface area contributed by atoms with Gasteiger partial charge in [-0.1, -0.05) is 30.3 Å². The summed E-state index contributed by atoms with van der Waals surface area (Å²) in [7, 11) is 0. The molecule has 0 heterocycles. The van der Waals surface area contributed by atoms with E-state index < -0.39 is 6.04 Å². The molecule has 1 aromatic rings. The molecule has 0 aliphatic heterocycles. The molecule has 1 saturated carbocycles. The van der Waals surface area contributed by atoms with Crippen LogP contribution in [0.3, 0.4) is 0 Å². The van der Waals surface area contributed by atoms with E-state index in [-0.39, 0.29) is 11.4 Å². The zero-order chi connectivity index (χ0) is 12.3. The lowest BCUT2D eigenvalue weighted by Gasteiger charge is -2.16. The Bertz CT molecular complexity index is 384. The molecule has 1 aromatic carbocycles. The molecule has 1 aliphatic rings. The molecule has 3 heteroatoms. The fraction of sp³-hybridized carbons (Fsp3) is 0.500. The van der Waals surface area contributed by atoms with Crippen molar-refractivity contribution in [2.75, 3.05) is 0 Å². The first-order valence-corrected chi connectivity index (χ1v) is 6.21. The van der Waals surface area contributed by atoms with Gasteiger partial charge in [-0.3, -0.25) is 4.79 Å². The molecule has 1 aliphatic carbocycles. The molecule has 1 atom stereocenters. The first-order chi connectivity index (χ1) is 8.09. The Morgan fingerprint density at radius 1 is 1.41 bits per heavy atom. The normalized spacial score (nSPS) is 18.5. The van der Waals surface area contributed by atoms with Crippen molar-refractivity contribution in [3.05, 3.63) is 35.9 Å². The average Bonchev–Trinajstić information content (AvgIpc) is 3.05. The van der Waals surface area contributed by atoms with Gasteiger partial charge in [0.2, 0.25) is 5.91 Å². The Kier molecular flexibility index (Phi) is 3.48. The predicted molar refractivity (Wildman–Crippen MR) is 68.5 cm³/mol. The lowest BCUT2D eigenvalue weighted by atomic mass is 10.1. The van der Waals surface area contributed by atoms with Crippen LogP contribution < -0.4 is 11.1 Å². The Balaban J connectivity index is 1.77. The second-order valence-corrected chi connectivity index (χ2v) is 5.18. The summed E-state index contributed by atoms with van der Waals surface area (Å²) >= 11 is 0. The summed E-state index contributed by atoms with van der Waals surface area (Å²) in [5.41, 5.74) is 7.15. The highest BCUT2D eigenvalue weighted by atomic mass is 16.2. The Labute approximate surface area is 102 Å². The van der Waals surface area contributed by atoms with Gasteiger partial charge in [0, 0.05) is 5.54 Å². The molecule has 92 valence electrons. The van der Waals surface area contributed by atoms with E-state index in [0.717, 1.165) is 19.3 Å². The highest BCUT2D eigenvalue weighted by Gasteiger charge is 2.39. The molecule has 1 fully saturated rings. The van der Waals surface area contributed by atoms with Gasteiger partial charge in [0.25, 0.3) is 0 Å². The predicted octanol–water partition coefficient (Wildman–Crippen LogP) is 1.62. The van der Waals surface area contributed by atoms with Gasteiger partial charge in [-0.2, -0.15) is 0 Å². The van der Waals surface area contributed by atoms with Crippen LogP contribution >= 0.6 is 0 Å². The molecular weight excluding hydrogens is 212 g/mol. The smallest absolute Gasteiger partial charge is 0.237 e. The average molecular weight is 232 g/mol. The maximum absolute atomic E-state index is 11.8. The highest BCUT2D eigenvalue weighted by molar-refractivity contribution is 5.82. The summed E-state index contributed by atoms with van der Waals surface area (Å²) in [4.78, 5) is 11.8. The highest BCUT2D eigenvalue weighted by Crippen LogP contribution is 2.34. The molecule has 0 bridgehead atoms. The molecule has 0 radical (unpaired) electrons. The number of amides is 1. The number of rotatable bonds is 5. The van der Waals surface area contributed by atoms with Crippen LogP contribution in [0.25, 0.3) is 0 Å². The van der Waals surface area contributed by atoms with Crippen molar-refractivity contribution in [2.24, 2.45) is 5.73 Å². The van der Waals surface area contributed by atoms with Gasteiger partial charge >= 0.3 is 0 Å². The van der Waals surface area contributed by atoms with Crippen LogP contribution in [0.1, 0.15) is 31.7 Å². The van der Waals surface area contributed by atoms with Gasteiger partial charge in [-0.05, 0) is 38.2 Å². The number of aryl methyl sites for hydroxylation is 1. The molecule has 0 spiro atoms. The summed E-state index contributed by atoms with van der Waals surface area (Å²) in [5, 5.41) is 3.00. The van der Waals surface area contributed by atoms with E-state index in [1.807, 2.05) is 18.2 Å². The number of nitrogens with two attached hydrogens (primary N) is 1. The molecule has 1 amide bonds. The SMILES string of the molecule is CC1(NC(=O)C(N)CCc2ccccc2)CC1. The summed E-state index contributed by atoms with van der Waals surface area (Å²) < 4.78 is 0. The minimum absolute atomic E-state index is 0.0130. The van der Waals surface area contributed by atoms with E-state index in [1.165, 1.54) is 5.56 Å². The van der Waals surface area contributed by atoms with Crippen molar-refractivity contribution < 1.29 is 4.79 Å². The Morgan fingerprint density at radius 3 is 2.65 bits per heavy atom. The minimum atomic E-state index is -0.396. The van der Waals surface area contributed by atoms with Crippen LogP contribution in [0.5, 0.6) is 0 Å². The lowest BCUT2D eigenvalue weighted by Crippen LogP contribution is -2.45. The standard InChI is InChI=1S/C14H20N2O/c1-14(9-10-14)16-13(17)12(15)8-7-11-5-3-2-4-6-11/h2-6,12H,7-10,15H2,1H3,(H,16,17). The van der Waals surface area contributed by atoms with E-state index in [1.54, 1.807) is 0 Å². The van der Waals surface area contributed by atoms with Gasteiger partial charge in [0.1, 0.15) is 0 Å². The van der Waals surface area contributed by atoms with Gasteiger partial charge in [0.05, 0.1) is 6.04 Å². The first kappa shape index (κ1) is 12.1. The van der Waals surface area contributed by atoms with Crippen molar-refractivity contribution in [3.8, 4) is 0 Å². The summed E-state index contributed by atoms with van der Waals surface area (Å²) in [6.07, 6.45) is 3.70. The molecule has 3 nitrogen and oxygen atoms in total. The van der Waals surface area contributed by atoms with E-state index in [2.05, 4.69) is 24.4 Å². The topological polar surface area (TPSA) is 55.1 Å². The van der Waals surface area contributed by atoms with Gasteiger partial charge in [0.15, 0.2) is 0 Å². The van der Waals surface area contributed by atoms with Gasteiger partial charge in [-0.25, -0.2) is 0 Å². The summed E-state index contributed by atoms with van der Waals surface area (Å²) in [5.74, 6) is -0.0130. The third-order valence-electron chi connectivity index (χ3n) is 3.35. The monoisotopic (exact) mass is 232 g/mol. The number of benzene rings is 1. The number of carbonyl (C=O) groups is 1. The van der Waals surface area contributed by atoms with Crippen LogP contribution in [-0.4, -0.2) is 17.5 Å². The van der Waals surface area contributed by atoms with E-state index >= 15 is 0 Å². The maximum Gasteiger partial charge on any atom is 0.237 e. The quantitative estimate of drug-likeness (QED) is 0.810. The molecule has 17 heavy (non-hydrogen) atoms. The molecule has 3 N–H and O–H groups in total. The third kappa shape index (κ3) is 3.56. The van der Waals surface area contributed by atoms with Crippen LogP contribution in [0.15, 0.2) is 30.3 Å². The van der Waals surface area contributed by atoms with E-state index in [9.17, 15) is 4.79 Å². The van der Waals surface area contributed by atoms with Gasteiger partial charge in [-0.15, -0.1) is 0 Å². The lowest BCUT2D eigenvalue weighted by molar-refractivity contribution is -0.123. The summed E-state index contributed by atoms with van der Waals surface area (Å²) in [6, 6.07) is 9.73. The molecule has 0 saturated heterocycles. The van der Waals surface area contributed by atoms with Crippen molar-refractivity contribution in [3.63, 3.8) is 0 Å². The van der Waals surface area contributed by atoms with Crippen molar-refractivity contribution in [1.82, 2.24) is 5.32 Å². The third-order valence-corrected chi connectivity index (χ3v) is 3.35. The molecule has 2 rings (SSSR count). The zero-order valence-electron chi connectivity index (χ0n) is 10.3. The van der Waals surface area contributed by atoms with Gasteiger partial charge < -0.3 is 11.1 Å². The largest absolute Gasteiger partial charge is 0.350 e. The summed E-state index contributed by atoms with van der Waals surface area (Å²) in [6.45, 7) is 2.06. The van der Waals surface area contributed by atoms with Crippen LogP contribution in [0.4, 0.5) is 0 Å². The minimum Gasteiger partial charge on any atom is -0.350 e. The Morgan fingerprint density at radius 2 is 2.06 bits per heavy atom. The second-order valence-electron chi connectivity index (χ2n) is 5.18. The zero-order valence-corrected chi connectivity index (χ0v) is 10.3. The van der Waals surface area contributed by atoms with E-state index in [0.29, 0.717) is 6.42 Å². The number of hydrogen-bond donors (Lipinski definition) is 2. The second kappa shape index (κ2) is 4.88. The van der Waals surface area contributed by atoms with Crippen molar-refractivity contribution in [1.29, 1.82) is 0 Å². The maximum atomic E-state index is 11.8. The fourth-order valence-corrected chi connectivity index (χ4v) is 1.80. The van der Waals surface area contributed by atoms with Crippen LogP contribution in [-0.2, 0) is 11.2 Å². The number of carbonyl (C=O) groups excluding carboxylic acids is 1.